The second-order valence-corrected chi connectivity index (χ2v) is 5.78. The first-order valence-electron chi connectivity index (χ1n) is 8.50. The third-order valence-electron chi connectivity index (χ3n) is 3.85. The number of hydrogen-bond acceptors (Lipinski definition) is 4. The van der Waals surface area contributed by atoms with Gasteiger partial charge in [0, 0.05) is 22.9 Å². The smallest absolute Gasteiger partial charge is 0.258 e. The maximum Gasteiger partial charge on any atom is 0.258 e. The summed E-state index contributed by atoms with van der Waals surface area (Å²) in [7, 11) is 0. The van der Waals surface area contributed by atoms with E-state index >= 15 is 0 Å². The van der Waals surface area contributed by atoms with Crippen molar-refractivity contribution < 1.29 is 13.9 Å². The average Bonchev–Trinajstić information content (AvgIpc) is 2.71. The highest BCUT2D eigenvalue weighted by atomic mass is 19.1. The highest BCUT2D eigenvalue weighted by Gasteiger charge is 2.04. The molecule has 1 heterocycles. The highest BCUT2D eigenvalue weighted by Crippen LogP contribution is 2.16. The molecule has 7 nitrogen and oxygen atoms in total. The van der Waals surface area contributed by atoms with Gasteiger partial charge in [-0.25, -0.2) is 4.39 Å². The maximum atomic E-state index is 12.9. The fourth-order valence-electron chi connectivity index (χ4n) is 2.46. The Morgan fingerprint density at radius 1 is 1.00 bits per heavy atom. The zero-order chi connectivity index (χ0) is 19.8. The molecule has 0 aliphatic heterocycles. The molecule has 0 bridgehead atoms. The molecule has 1 aromatic heterocycles. The minimum absolute atomic E-state index is 0.242. The molecule has 0 radical (unpaired) electrons. The summed E-state index contributed by atoms with van der Waals surface area (Å²) in [6.07, 6.45) is 1.62. The number of hydrogen-bond donors (Lipinski definition) is 0. The first-order valence-corrected chi connectivity index (χ1v) is 8.50. The van der Waals surface area contributed by atoms with Gasteiger partial charge >= 0.3 is 0 Å². The summed E-state index contributed by atoms with van der Waals surface area (Å²) in [6.45, 7) is 0.770. The summed E-state index contributed by atoms with van der Waals surface area (Å²) in [5.74, 6) is 0.742. The van der Waals surface area contributed by atoms with Crippen molar-refractivity contribution in [3.8, 4) is 17.2 Å². The molecule has 0 aliphatic rings. The predicted molar refractivity (Wildman–Crippen MR) is 102 cm³/mol. The van der Waals surface area contributed by atoms with Crippen molar-refractivity contribution in [2.75, 3.05) is 13.2 Å². The van der Waals surface area contributed by atoms with E-state index in [4.69, 9.17) is 15.0 Å². The summed E-state index contributed by atoms with van der Waals surface area (Å²) in [4.78, 5) is 15.0. The van der Waals surface area contributed by atoms with Crippen LogP contribution >= 0.6 is 0 Å². The van der Waals surface area contributed by atoms with E-state index in [0.29, 0.717) is 17.2 Å². The molecule has 0 unspecified atom stereocenters. The van der Waals surface area contributed by atoms with Crippen molar-refractivity contribution >= 4 is 0 Å². The van der Waals surface area contributed by atoms with Crippen LogP contribution in [0.3, 0.4) is 0 Å². The fraction of sp³-hybridized carbons (Fsp3) is 0.150. The molecule has 0 saturated carbocycles. The third-order valence-corrected chi connectivity index (χ3v) is 3.85. The molecule has 0 amide bonds. The lowest BCUT2D eigenvalue weighted by molar-refractivity contribution is 0.305. The standard InChI is InChI=1S/C20H17FN4O3/c21-16-3-1-15(2-4-16)14-28-19-9-11-25(20(26)13-19)17-5-7-18(8-6-17)27-12-10-23-24-22/h1-9,11,13H,10,12,14H2. The van der Waals surface area contributed by atoms with Crippen LogP contribution in [-0.4, -0.2) is 17.7 Å². The lowest BCUT2D eigenvalue weighted by Gasteiger charge is -2.10. The quantitative estimate of drug-likeness (QED) is 0.253. The predicted octanol–water partition coefficient (Wildman–Crippen LogP) is 4.24. The number of ether oxygens (including phenoxy) is 2. The summed E-state index contributed by atoms with van der Waals surface area (Å²) < 4.78 is 25.4. The number of pyridine rings is 1. The molecule has 8 heteroatoms. The lowest BCUT2D eigenvalue weighted by Crippen LogP contribution is -2.16. The van der Waals surface area contributed by atoms with Crippen molar-refractivity contribution in [2.24, 2.45) is 5.11 Å². The Hall–Kier alpha value is -3.77. The number of benzene rings is 2. The summed E-state index contributed by atoms with van der Waals surface area (Å²) in [5, 5.41) is 3.39. The van der Waals surface area contributed by atoms with Crippen LogP contribution in [0.1, 0.15) is 5.56 Å². The molecule has 2 aromatic carbocycles. The summed E-state index contributed by atoms with van der Waals surface area (Å²) in [5.41, 5.74) is 9.46. The zero-order valence-corrected chi connectivity index (χ0v) is 14.9. The average molecular weight is 380 g/mol. The van der Waals surface area contributed by atoms with Crippen LogP contribution in [0, 0.1) is 5.82 Å². The van der Waals surface area contributed by atoms with Crippen molar-refractivity contribution in [1.82, 2.24) is 4.57 Å². The van der Waals surface area contributed by atoms with Crippen LogP contribution in [-0.2, 0) is 6.61 Å². The van der Waals surface area contributed by atoms with E-state index in [9.17, 15) is 9.18 Å². The molecule has 0 fully saturated rings. The van der Waals surface area contributed by atoms with E-state index < -0.39 is 0 Å². The van der Waals surface area contributed by atoms with Crippen LogP contribution in [0.15, 0.2) is 76.8 Å². The van der Waals surface area contributed by atoms with E-state index in [1.165, 1.54) is 22.8 Å². The van der Waals surface area contributed by atoms with Crippen LogP contribution < -0.4 is 15.0 Å². The second-order valence-electron chi connectivity index (χ2n) is 5.78. The molecule has 0 N–H and O–H groups in total. The Kier molecular flexibility index (Phi) is 6.28. The Bertz CT molecular complexity index is 1030. The maximum absolute atomic E-state index is 12.9. The number of nitrogens with zero attached hydrogens (tertiary/aromatic N) is 4. The molecule has 0 atom stereocenters. The van der Waals surface area contributed by atoms with E-state index in [-0.39, 0.29) is 31.1 Å². The summed E-state index contributed by atoms with van der Waals surface area (Å²) >= 11 is 0. The lowest BCUT2D eigenvalue weighted by atomic mass is 10.2. The molecule has 0 aliphatic carbocycles. The van der Waals surface area contributed by atoms with Gasteiger partial charge in [0.1, 0.15) is 23.9 Å². The minimum atomic E-state index is -0.307. The zero-order valence-electron chi connectivity index (χ0n) is 14.9. The number of rotatable bonds is 8. The Morgan fingerprint density at radius 3 is 2.43 bits per heavy atom. The van der Waals surface area contributed by atoms with Crippen molar-refractivity contribution in [2.45, 2.75) is 6.61 Å². The number of halogens is 1. The van der Waals surface area contributed by atoms with Crippen molar-refractivity contribution in [3.05, 3.63) is 99.0 Å². The molecular formula is C20H17FN4O3. The van der Waals surface area contributed by atoms with Gasteiger partial charge in [0.2, 0.25) is 0 Å². The molecule has 142 valence electrons. The molecular weight excluding hydrogens is 363 g/mol. The highest BCUT2D eigenvalue weighted by molar-refractivity contribution is 5.38. The van der Waals surface area contributed by atoms with Crippen LogP contribution in [0.25, 0.3) is 16.1 Å². The second kappa shape index (κ2) is 9.25. The van der Waals surface area contributed by atoms with Gasteiger partial charge < -0.3 is 9.47 Å². The van der Waals surface area contributed by atoms with Gasteiger partial charge in [-0.2, -0.15) is 0 Å². The van der Waals surface area contributed by atoms with Gasteiger partial charge in [0.05, 0.1) is 13.2 Å². The minimum Gasteiger partial charge on any atom is -0.493 e. The van der Waals surface area contributed by atoms with Gasteiger partial charge in [-0.05, 0) is 53.6 Å². The van der Waals surface area contributed by atoms with Gasteiger partial charge in [-0.3, -0.25) is 9.36 Å². The molecule has 3 rings (SSSR count). The first-order chi connectivity index (χ1) is 13.7. The van der Waals surface area contributed by atoms with Crippen LogP contribution in [0.5, 0.6) is 11.5 Å². The molecule has 0 saturated heterocycles. The van der Waals surface area contributed by atoms with Gasteiger partial charge in [0.25, 0.3) is 5.56 Å². The van der Waals surface area contributed by atoms with Crippen LogP contribution in [0.2, 0.25) is 0 Å². The normalized spacial score (nSPS) is 10.2. The fourth-order valence-corrected chi connectivity index (χ4v) is 2.46. The molecule has 28 heavy (non-hydrogen) atoms. The largest absolute Gasteiger partial charge is 0.493 e. The SMILES string of the molecule is [N-]=[N+]=NCCOc1ccc(-n2ccc(OCc3ccc(F)cc3)cc2=O)cc1. The first kappa shape index (κ1) is 19.0. The van der Waals surface area contributed by atoms with Crippen molar-refractivity contribution in [1.29, 1.82) is 0 Å². The molecule has 0 spiro atoms. The molecule has 3 aromatic rings. The summed E-state index contributed by atoms with van der Waals surface area (Å²) in [6, 6.07) is 16.0. The van der Waals surface area contributed by atoms with E-state index in [0.717, 1.165) is 5.56 Å². The Balaban J connectivity index is 1.64. The van der Waals surface area contributed by atoms with E-state index in [1.807, 2.05) is 0 Å². The van der Waals surface area contributed by atoms with Crippen LogP contribution in [0.4, 0.5) is 4.39 Å². The number of azide groups is 1. The van der Waals surface area contributed by atoms with Gasteiger partial charge in [0.15, 0.2) is 0 Å². The Labute approximate surface area is 160 Å². The van der Waals surface area contributed by atoms with Crippen molar-refractivity contribution in [3.63, 3.8) is 0 Å². The Morgan fingerprint density at radius 2 is 1.75 bits per heavy atom. The third kappa shape index (κ3) is 5.12. The van der Waals surface area contributed by atoms with Gasteiger partial charge in [-0.1, -0.05) is 17.2 Å². The van der Waals surface area contributed by atoms with Gasteiger partial charge in [-0.15, -0.1) is 0 Å². The van der Waals surface area contributed by atoms with E-state index in [1.54, 1.807) is 48.7 Å². The topological polar surface area (TPSA) is 89.2 Å². The number of aromatic nitrogens is 1. The van der Waals surface area contributed by atoms with E-state index in [2.05, 4.69) is 10.0 Å². The monoisotopic (exact) mass is 380 g/mol.